The molecular weight excluding hydrogens is 172 g/mol. The molecule has 1 aromatic rings. The van der Waals surface area contributed by atoms with E-state index in [0.29, 0.717) is 0 Å². The van der Waals surface area contributed by atoms with E-state index in [0.717, 1.165) is 18.7 Å². The quantitative estimate of drug-likeness (QED) is 0.520. The van der Waals surface area contributed by atoms with Crippen LogP contribution in [0.3, 0.4) is 0 Å². The van der Waals surface area contributed by atoms with Crippen LogP contribution < -0.4 is 0 Å². The number of aryl methyl sites for hydroxylation is 1. The van der Waals surface area contributed by atoms with Crippen molar-refractivity contribution in [2.45, 2.75) is 45.4 Å². The van der Waals surface area contributed by atoms with Crippen LogP contribution in [0.15, 0.2) is 24.5 Å². The van der Waals surface area contributed by atoms with Gasteiger partial charge in [-0.2, -0.15) is 0 Å². The van der Waals surface area contributed by atoms with Crippen molar-refractivity contribution < 1.29 is 0 Å². The fraction of sp³-hybridized carbons (Fsp3) is 0.583. The largest absolute Gasteiger partial charge is 0.349 e. The van der Waals surface area contributed by atoms with Gasteiger partial charge in [0.05, 0.1) is 0 Å². The molecule has 78 valence electrons. The van der Waals surface area contributed by atoms with E-state index < -0.39 is 0 Å². The van der Waals surface area contributed by atoms with Gasteiger partial charge in [-0.15, -0.1) is 0 Å². The number of aromatic amines is 1. The van der Waals surface area contributed by atoms with Crippen LogP contribution in [0.5, 0.6) is 0 Å². The van der Waals surface area contributed by atoms with E-state index in [-0.39, 0.29) is 0 Å². The van der Waals surface area contributed by atoms with Gasteiger partial charge in [0.2, 0.25) is 0 Å². The average molecular weight is 192 g/mol. The highest BCUT2D eigenvalue weighted by molar-refractivity contribution is 4.86. The van der Waals surface area contributed by atoms with Crippen molar-refractivity contribution in [1.82, 2.24) is 9.97 Å². The lowest BCUT2D eigenvalue weighted by molar-refractivity contribution is 0.672. The van der Waals surface area contributed by atoms with Crippen LogP contribution in [-0.4, -0.2) is 9.97 Å². The Labute approximate surface area is 86.5 Å². The summed E-state index contributed by atoms with van der Waals surface area (Å²) in [6, 6.07) is 0. The first-order valence-corrected chi connectivity index (χ1v) is 5.56. The molecule has 2 nitrogen and oxygen atoms in total. The fourth-order valence-corrected chi connectivity index (χ4v) is 1.45. The number of unbranched alkanes of at least 4 members (excludes halogenated alkanes) is 3. The van der Waals surface area contributed by atoms with Gasteiger partial charge in [0.25, 0.3) is 0 Å². The minimum atomic E-state index is 1.09. The van der Waals surface area contributed by atoms with Crippen LogP contribution in [0.2, 0.25) is 0 Å². The minimum Gasteiger partial charge on any atom is -0.349 e. The van der Waals surface area contributed by atoms with Gasteiger partial charge in [0, 0.05) is 18.8 Å². The van der Waals surface area contributed by atoms with Gasteiger partial charge < -0.3 is 4.98 Å². The molecule has 0 saturated carbocycles. The molecular formula is C12H20N2. The maximum atomic E-state index is 4.19. The third-order valence-corrected chi connectivity index (χ3v) is 2.24. The topological polar surface area (TPSA) is 28.7 Å². The van der Waals surface area contributed by atoms with E-state index in [2.05, 4.69) is 29.0 Å². The van der Waals surface area contributed by atoms with Crippen LogP contribution in [0, 0.1) is 0 Å². The Hall–Kier alpha value is -1.05. The van der Waals surface area contributed by atoms with Crippen molar-refractivity contribution in [2.24, 2.45) is 0 Å². The summed E-state index contributed by atoms with van der Waals surface area (Å²) >= 11 is 0. The molecule has 2 heteroatoms. The summed E-state index contributed by atoms with van der Waals surface area (Å²) in [6.07, 6.45) is 15.6. The van der Waals surface area contributed by atoms with Gasteiger partial charge in [0.15, 0.2) is 0 Å². The smallest absolute Gasteiger partial charge is 0.105 e. The number of aromatic nitrogens is 2. The van der Waals surface area contributed by atoms with Gasteiger partial charge in [-0.05, 0) is 25.7 Å². The molecule has 0 fully saturated rings. The van der Waals surface area contributed by atoms with Gasteiger partial charge in [0.1, 0.15) is 5.82 Å². The maximum Gasteiger partial charge on any atom is 0.105 e. The second kappa shape index (κ2) is 7.36. The minimum absolute atomic E-state index is 1.09. The first kappa shape index (κ1) is 11.0. The van der Waals surface area contributed by atoms with Gasteiger partial charge in [-0.25, -0.2) is 4.98 Å². The fourth-order valence-electron chi connectivity index (χ4n) is 1.45. The van der Waals surface area contributed by atoms with Crippen molar-refractivity contribution in [3.8, 4) is 0 Å². The third kappa shape index (κ3) is 4.85. The molecule has 14 heavy (non-hydrogen) atoms. The number of hydrogen-bond acceptors (Lipinski definition) is 1. The lowest BCUT2D eigenvalue weighted by Crippen LogP contribution is -1.87. The molecule has 0 aliphatic rings. The van der Waals surface area contributed by atoms with Crippen molar-refractivity contribution in [1.29, 1.82) is 0 Å². The monoisotopic (exact) mass is 192 g/mol. The zero-order valence-electron chi connectivity index (χ0n) is 9.00. The number of H-pyrrole nitrogens is 1. The first-order chi connectivity index (χ1) is 6.93. The maximum absolute atomic E-state index is 4.19. The summed E-state index contributed by atoms with van der Waals surface area (Å²) in [4.78, 5) is 7.32. The van der Waals surface area contributed by atoms with E-state index in [4.69, 9.17) is 0 Å². The molecule has 0 atom stereocenters. The molecule has 0 aliphatic heterocycles. The molecule has 0 aromatic carbocycles. The van der Waals surface area contributed by atoms with E-state index in [1.165, 1.54) is 25.7 Å². The standard InChI is InChI=1S/C12H20N2/c1-2-3-4-5-6-7-8-9-12-13-10-11-14-12/h3-4,10-11H,2,5-9H2,1H3,(H,13,14). The highest BCUT2D eigenvalue weighted by atomic mass is 14.9. The van der Waals surface area contributed by atoms with Gasteiger partial charge in [-0.1, -0.05) is 25.5 Å². The summed E-state index contributed by atoms with van der Waals surface area (Å²) in [5.74, 6) is 1.12. The molecule has 0 bridgehead atoms. The van der Waals surface area contributed by atoms with E-state index in [9.17, 15) is 0 Å². The Morgan fingerprint density at radius 2 is 2.21 bits per heavy atom. The summed E-state index contributed by atoms with van der Waals surface area (Å²) in [5.41, 5.74) is 0. The van der Waals surface area contributed by atoms with Crippen LogP contribution in [0.1, 0.15) is 44.9 Å². The van der Waals surface area contributed by atoms with Crippen LogP contribution >= 0.6 is 0 Å². The Bertz CT molecular complexity index is 237. The predicted octanol–water partition coefficient (Wildman–Crippen LogP) is 3.48. The van der Waals surface area contributed by atoms with Crippen molar-refractivity contribution in [2.75, 3.05) is 0 Å². The number of allylic oxidation sites excluding steroid dienone is 2. The Balaban J connectivity index is 1.92. The zero-order valence-corrected chi connectivity index (χ0v) is 9.00. The second-order valence-electron chi connectivity index (χ2n) is 3.51. The molecule has 0 unspecified atom stereocenters. The van der Waals surface area contributed by atoms with Crippen LogP contribution in [-0.2, 0) is 6.42 Å². The SMILES string of the molecule is CCC=CCCCCCc1ncc[nH]1. The molecule has 1 rings (SSSR count). The molecule has 0 spiro atoms. The Morgan fingerprint density at radius 1 is 1.29 bits per heavy atom. The second-order valence-corrected chi connectivity index (χ2v) is 3.51. The average Bonchev–Trinajstić information content (AvgIpc) is 2.69. The molecule has 1 heterocycles. The summed E-state index contributed by atoms with van der Waals surface area (Å²) in [6.45, 7) is 2.17. The zero-order chi connectivity index (χ0) is 10.1. The van der Waals surface area contributed by atoms with E-state index in [1.807, 2.05) is 12.4 Å². The molecule has 1 N–H and O–H groups in total. The third-order valence-electron chi connectivity index (χ3n) is 2.24. The molecule has 0 aliphatic carbocycles. The van der Waals surface area contributed by atoms with Crippen LogP contribution in [0.4, 0.5) is 0 Å². The summed E-state index contributed by atoms with van der Waals surface area (Å²) in [7, 11) is 0. The number of rotatable bonds is 7. The lowest BCUT2D eigenvalue weighted by atomic mass is 10.1. The molecule has 0 amide bonds. The van der Waals surface area contributed by atoms with Crippen molar-refractivity contribution in [3.63, 3.8) is 0 Å². The summed E-state index contributed by atoms with van der Waals surface area (Å²) < 4.78 is 0. The van der Waals surface area contributed by atoms with Gasteiger partial charge >= 0.3 is 0 Å². The highest BCUT2D eigenvalue weighted by Gasteiger charge is 1.93. The normalized spacial score (nSPS) is 11.2. The number of hydrogen-bond donors (Lipinski definition) is 1. The number of nitrogens with one attached hydrogen (secondary N) is 1. The van der Waals surface area contributed by atoms with Crippen LogP contribution in [0.25, 0.3) is 0 Å². The first-order valence-electron chi connectivity index (χ1n) is 5.56. The predicted molar refractivity (Wildman–Crippen MR) is 60.2 cm³/mol. The lowest BCUT2D eigenvalue weighted by Gasteiger charge is -1.96. The number of imidazole rings is 1. The van der Waals surface area contributed by atoms with Crippen molar-refractivity contribution >= 4 is 0 Å². The Morgan fingerprint density at radius 3 is 2.93 bits per heavy atom. The molecule has 0 radical (unpaired) electrons. The molecule has 1 aromatic heterocycles. The summed E-state index contributed by atoms with van der Waals surface area (Å²) in [5, 5.41) is 0. The highest BCUT2D eigenvalue weighted by Crippen LogP contribution is 2.04. The van der Waals surface area contributed by atoms with E-state index in [1.54, 1.807) is 0 Å². The van der Waals surface area contributed by atoms with Crippen molar-refractivity contribution in [3.05, 3.63) is 30.4 Å². The van der Waals surface area contributed by atoms with E-state index >= 15 is 0 Å². The number of nitrogens with zero attached hydrogens (tertiary/aromatic N) is 1. The van der Waals surface area contributed by atoms with Gasteiger partial charge in [-0.3, -0.25) is 0 Å². The molecule has 0 saturated heterocycles. The Kier molecular flexibility index (Phi) is 5.80.